The van der Waals surface area contributed by atoms with Crippen LogP contribution in [0.5, 0.6) is 0 Å². The van der Waals surface area contributed by atoms with Crippen molar-refractivity contribution in [3.63, 3.8) is 0 Å². The topological polar surface area (TPSA) is 46.2 Å². The zero-order valence-electron chi connectivity index (χ0n) is 10.8. The van der Waals surface area contributed by atoms with Crippen molar-refractivity contribution in [2.45, 2.75) is 19.0 Å². The van der Waals surface area contributed by atoms with Gasteiger partial charge < -0.3 is 5.32 Å². The Labute approximate surface area is 113 Å². The molecule has 2 aromatic rings. The molecule has 1 fully saturated rings. The third-order valence-corrected chi connectivity index (χ3v) is 5.44. The lowest BCUT2D eigenvalue weighted by atomic mass is 10.0. The number of fused-ring (bicyclic) bond motifs is 1. The van der Waals surface area contributed by atoms with Crippen LogP contribution in [-0.4, -0.2) is 26.0 Å². The molecule has 0 saturated carbocycles. The predicted octanol–water partition coefficient (Wildman–Crippen LogP) is 2.29. The summed E-state index contributed by atoms with van der Waals surface area (Å²) in [6, 6.07) is 14.2. The highest BCUT2D eigenvalue weighted by Crippen LogP contribution is 2.24. The summed E-state index contributed by atoms with van der Waals surface area (Å²) in [5.74, 6) is 0.423. The fourth-order valence-corrected chi connectivity index (χ4v) is 4.55. The number of benzene rings is 2. The van der Waals surface area contributed by atoms with Gasteiger partial charge in [0.1, 0.15) is 0 Å². The Bertz CT molecular complexity index is 709. The molecule has 0 bridgehead atoms. The average molecular weight is 275 g/mol. The van der Waals surface area contributed by atoms with Crippen molar-refractivity contribution in [2.75, 3.05) is 11.5 Å². The molecule has 1 N–H and O–H groups in total. The molecule has 1 aliphatic heterocycles. The second-order valence-electron chi connectivity index (χ2n) is 5.30. The Balaban J connectivity index is 1.99. The van der Waals surface area contributed by atoms with Gasteiger partial charge in [0.05, 0.1) is 11.5 Å². The van der Waals surface area contributed by atoms with Gasteiger partial charge in [0.2, 0.25) is 0 Å². The highest BCUT2D eigenvalue weighted by atomic mass is 32.2. The summed E-state index contributed by atoms with van der Waals surface area (Å²) in [6.07, 6.45) is 0. The van der Waals surface area contributed by atoms with Gasteiger partial charge >= 0.3 is 0 Å². The van der Waals surface area contributed by atoms with E-state index < -0.39 is 9.84 Å². The molecule has 0 aliphatic carbocycles. The lowest BCUT2D eigenvalue weighted by Crippen LogP contribution is -2.45. The number of hydrogen-bond donors (Lipinski definition) is 1. The summed E-state index contributed by atoms with van der Waals surface area (Å²) in [6.45, 7) is 1.92. The van der Waals surface area contributed by atoms with Crippen LogP contribution >= 0.6 is 0 Å². The molecule has 0 spiro atoms. The zero-order valence-corrected chi connectivity index (χ0v) is 11.7. The summed E-state index contributed by atoms with van der Waals surface area (Å²) >= 11 is 0. The molecule has 100 valence electrons. The SMILES string of the molecule is CC1CS(=O)(=O)CC(c2ccc3ccccc3c2)N1. The van der Waals surface area contributed by atoms with E-state index in [1.807, 2.05) is 25.1 Å². The smallest absolute Gasteiger partial charge is 0.153 e. The van der Waals surface area contributed by atoms with Gasteiger partial charge in [-0.15, -0.1) is 0 Å². The molecular formula is C15H17NO2S. The van der Waals surface area contributed by atoms with Crippen LogP contribution in [-0.2, 0) is 9.84 Å². The molecule has 0 radical (unpaired) electrons. The highest BCUT2D eigenvalue weighted by Gasteiger charge is 2.29. The van der Waals surface area contributed by atoms with E-state index in [2.05, 4.69) is 29.6 Å². The van der Waals surface area contributed by atoms with Crippen LogP contribution in [0.4, 0.5) is 0 Å². The van der Waals surface area contributed by atoms with E-state index in [1.54, 1.807) is 0 Å². The van der Waals surface area contributed by atoms with E-state index in [1.165, 1.54) is 5.39 Å². The molecule has 19 heavy (non-hydrogen) atoms. The molecule has 2 aromatic carbocycles. The van der Waals surface area contributed by atoms with Gasteiger partial charge in [0.15, 0.2) is 9.84 Å². The van der Waals surface area contributed by atoms with Crippen LogP contribution in [0.25, 0.3) is 10.8 Å². The molecule has 3 rings (SSSR count). The fraction of sp³-hybridized carbons (Fsp3) is 0.333. The van der Waals surface area contributed by atoms with Gasteiger partial charge in [0, 0.05) is 12.1 Å². The standard InChI is InChI=1S/C15H17NO2S/c1-11-9-19(17,18)10-15(16-11)14-7-6-12-4-2-3-5-13(12)8-14/h2-8,11,15-16H,9-10H2,1H3. The van der Waals surface area contributed by atoms with Crippen molar-refractivity contribution in [2.24, 2.45) is 0 Å². The summed E-state index contributed by atoms with van der Waals surface area (Å²) < 4.78 is 23.7. The first-order valence-electron chi connectivity index (χ1n) is 6.49. The van der Waals surface area contributed by atoms with Crippen molar-refractivity contribution in [1.82, 2.24) is 5.32 Å². The van der Waals surface area contributed by atoms with Gasteiger partial charge in [-0.05, 0) is 29.3 Å². The molecule has 0 amide bonds. The number of sulfone groups is 1. The van der Waals surface area contributed by atoms with Crippen molar-refractivity contribution in [3.8, 4) is 0 Å². The number of hydrogen-bond acceptors (Lipinski definition) is 3. The molecule has 1 saturated heterocycles. The first-order valence-corrected chi connectivity index (χ1v) is 8.31. The van der Waals surface area contributed by atoms with Gasteiger partial charge in [-0.3, -0.25) is 0 Å². The normalized spacial score (nSPS) is 26.4. The molecule has 4 heteroatoms. The molecule has 1 heterocycles. The monoisotopic (exact) mass is 275 g/mol. The van der Waals surface area contributed by atoms with E-state index in [-0.39, 0.29) is 23.6 Å². The van der Waals surface area contributed by atoms with Crippen molar-refractivity contribution in [3.05, 3.63) is 48.0 Å². The van der Waals surface area contributed by atoms with Crippen molar-refractivity contribution >= 4 is 20.6 Å². The van der Waals surface area contributed by atoms with E-state index in [9.17, 15) is 8.42 Å². The maximum absolute atomic E-state index is 11.9. The van der Waals surface area contributed by atoms with Gasteiger partial charge in [0.25, 0.3) is 0 Å². The van der Waals surface area contributed by atoms with Crippen LogP contribution in [0, 0.1) is 0 Å². The maximum Gasteiger partial charge on any atom is 0.153 e. The molecule has 0 aromatic heterocycles. The molecule has 2 atom stereocenters. The third-order valence-electron chi connectivity index (χ3n) is 3.59. The molecular weight excluding hydrogens is 258 g/mol. The lowest BCUT2D eigenvalue weighted by Gasteiger charge is -2.29. The minimum Gasteiger partial charge on any atom is -0.306 e. The Morgan fingerprint density at radius 2 is 1.79 bits per heavy atom. The summed E-state index contributed by atoms with van der Waals surface area (Å²) in [5.41, 5.74) is 1.05. The van der Waals surface area contributed by atoms with E-state index in [0.717, 1.165) is 10.9 Å². The lowest BCUT2D eigenvalue weighted by molar-refractivity contribution is 0.469. The van der Waals surface area contributed by atoms with Crippen LogP contribution in [0.1, 0.15) is 18.5 Å². The highest BCUT2D eigenvalue weighted by molar-refractivity contribution is 7.91. The first kappa shape index (κ1) is 12.6. The average Bonchev–Trinajstić information content (AvgIpc) is 2.36. The van der Waals surface area contributed by atoms with Gasteiger partial charge in [-0.25, -0.2) is 8.42 Å². The predicted molar refractivity (Wildman–Crippen MR) is 77.9 cm³/mol. The second kappa shape index (κ2) is 4.62. The van der Waals surface area contributed by atoms with Crippen LogP contribution in [0.3, 0.4) is 0 Å². The van der Waals surface area contributed by atoms with Crippen molar-refractivity contribution < 1.29 is 8.42 Å². The summed E-state index contributed by atoms with van der Waals surface area (Å²) in [5, 5.41) is 5.70. The Hall–Kier alpha value is -1.39. The van der Waals surface area contributed by atoms with Gasteiger partial charge in [-0.1, -0.05) is 36.4 Å². The van der Waals surface area contributed by atoms with Crippen LogP contribution < -0.4 is 5.32 Å². The quantitative estimate of drug-likeness (QED) is 0.868. The Morgan fingerprint density at radius 1 is 1.05 bits per heavy atom. The van der Waals surface area contributed by atoms with Gasteiger partial charge in [-0.2, -0.15) is 0 Å². The molecule has 2 unspecified atom stereocenters. The van der Waals surface area contributed by atoms with Crippen molar-refractivity contribution in [1.29, 1.82) is 0 Å². The summed E-state index contributed by atoms with van der Waals surface area (Å²) in [7, 11) is -2.95. The molecule has 1 aliphatic rings. The number of rotatable bonds is 1. The van der Waals surface area contributed by atoms with E-state index >= 15 is 0 Å². The maximum atomic E-state index is 11.9. The van der Waals surface area contributed by atoms with E-state index in [4.69, 9.17) is 0 Å². The first-order chi connectivity index (χ1) is 9.03. The largest absolute Gasteiger partial charge is 0.306 e. The second-order valence-corrected chi connectivity index (χ2v) is 7.46. The molecule has 3 nitrogen and oxygen atoms in total. The summed E-state index contributed by atoms with van der Waals surface area (Å²) in [4.78, 5) is 0. The minimum absolute atomic E-state index is 0.00946. The van der Waals surface area contributed by atoms with Crippen LogP contribution in [0.2, 0.25) is 0 Å². The van der Waals surface area contributed by atoms with Crippen LogP contribution in [0.15, 0.2) is 42.5 Å². The van der Waals surface area contributed by atoms with E-state index in [0.29, 0.717) is 0 Å². The Kier molecular flexibility index (Phi) is 3.07. The zero-order chi connectivity index (χ0) is 13.5. The number of nitrogens with one attached hydrogen (secondary N) is 1. The fourth-order valence-electron chi connectivity index (χ4n) is 2.76. The Morgan fingerprint density at radius 3 is 2.53 bits per heavy atom. The minimum atomic E-state index is -2.95. The third kappa shape index (κ3) is 2.65.